The first-order chi connectivity index (χ1) is 16.2. The molecule has 12 heteroatoms. The van der Waals surface area contributed by atoms with Gasteiger partial charge in [0, 0.05) is 36.0 Å². The fourth-order valence-corrected chi connectivity index (χ4v) is 5.17. The van der Waals surface area contributed by atoms with Crippen LogP contribution in [0, 0.1) is 13.8 Å². The Labute approximate surface area is 196 Å². The minimum Gasteiger partial charge on any atom is -0.379 e. The third-order valence-corrected chi connectivity index (χ3v) is 7.47. The van der Waals surface area contributed by atoms with Crippen molar-refractivity contribution >= 4 is 21.7 Å². The molecule has 2 aromatic heterocycles. The Morgan fingerprint density at radius 3 is 2.47 bits per heavy atom. The zero-order valence-corrected chi connectivity index (χ0v) is 20.0. The molecule has 4 rings (SSSR count). The fourth-order valence-electron chi connectivity index (χ4n) is 3.77. The number of carbonyl (C=O) groups is 1. The molecule has 1 aromatic carbocycles. The molecule has 2 N–H and O–H groups in total. The topological polar surface area (TPSA) is 139 Å². The number of nitrogens with zero attached hydrogens (tertiary/aromatic N) is 4. The number of benzene rings is 1. The number of hydrogen-bond acceptors (Lipinski definition) is 7. The molecule has 3 heterocycles. The first-order valence-corrected chi connectivity index (χ1v) is 12.3. The van der Waals surface area contributed by atoms with Gasteiger partial charge in [0.25, 0.3) is 11.5 Å². The number of ether oxygens (including phenoxy) is 1. The molecule has 1 fully saturated rings. The molecule has 1 aliphatic heterocycles. The molecule has 1 amide bonds. The van der Waals surface area contributed by atoms with Gasteiger partial charge >= 0.3 is 0 Å². The van der Waals surface area contributed by atoms with Crippen molar-refractivity contribution in [1.29, 1.82) is 0 Å². The lowest BCUT2D eigenvalue weighted by molar-refractivity contribution is 0.0730. The van der Waals surface area contributed by atoms with E-state index in [4.69, 9.17) is 4.74 Å². The molecule has 0 bridgehead atoms. The molecule has 0 saturated carbocycles. The van der Waals surface area contributed by atoms with Crippen molar-refractivity contribution in [2.75, 3.05) is 31.6 Å². The number of aromatic amines is 1. The minimum atomic E-state index is -3.65. The van der Waals surface area contributed by atoms with Crippen LogP contribution in [0.4, 0.5) is 5.82 Å². The number of nitrogens with one attached hydrogen (secondary N) is 2. The third-order valence-electron chi connectivity index (χ3n) is 5.56. The number of amides is 1. The number of carbonyl (C=O) groups excluding carboxylic acids is 1. The van der Waals surface area contributed by atoms with Gasteiger partial charge in [0.15, 0.2) is 0 Å². The lowest BCUT2D eigenvalue weighted by Crippen LogP contribution is -2.40. The Bertz CT molecular complexity index is 1370. The summed E-state index contributed by atoms with van der Waals surface area (Å²) in [6, 6.07) is 7.38. The molecular formula is C22H26N6O5S. The molecule has 180 valence electrons. The zero-order chi connectivity index (χ0) is 24.5. The highest BCUT2D eigenvalue weighted by atomic mass is 32.2. The standard InChI is InChI=1S/C22H26N6O5S/c1-4-18-15(3)23-22(25-21(18)30)28-19(13-14(2)26-28)24-20(29)16-5-7-17(8-6-16)34(31,32)27-9-11-33-12-10-27/h5-8,13H,4,9-12H2,1-3H3,(H,24,29)(H,23,25,30). The van der Waals surface area contributed by atoms with Crippen LogP contribution >= 0.6 is 0 Å². The van der Waals surface area contributed by atoms with Gasteiger partial charge in [0.1, 0.15) is 5.82 Å². The molecule has 34 heavy (non-hydrogen) atoms. The largest absolute Gasteiger partial charge is 0.379 e. The van der Waals surface area contributed by atoms with E-state index in [1.165, 1.54) is 33.3 Å². The smallest absolute Gasteiger partial charge is 0.256 e. The maximum absolute atomic E-state index is 12.9. The van der Waals surface area contributed by atoms with Gasteiger partial charge in [-0.15, -0.1) is 0 Å². The predicted molar refractivity (Wildman–Crippen MR) is 125 cm³/mol. The molecule has 1 aliphatic rings. The average molecular weight is 487 g/mol. The molecule has 0 radical (unpaired) electrons. The fraction of sp³-hybridized carbons (Fsp3) is 0.364. The number of rotatable bonds is 6. The van der Waals surface area contributed by atoms with Gasteiger partial charge in [-0.3, -0.25) is 14.6 Å². The van der Waals surface area contributed by atoms with E-state index < -0.39 is 15.9 Å². The number of anilines is 1. The highest BCUT2D eigenvalue weighted by Gasteiger charge is 2.26. The van der Waals surface area contributed by atoms with Gasteiger partial charge < -0.3 is 10.1 Å². The van der Waals surface area contributed by atoms with Crippen LogP contribution in [0.3, 0.4) is 0 Å². The second-order valence-corrected chi connectivity index (χ2v) is 9.82. The van der Waals surface area contributed by atoms with E-state index in [-0.39, 0.29) is 22.0 Å². The Kier molecular flexibility index (Phi) is 6.64. The lowest BCUT2D eigenvalue weighted by atomic mass is 10.2. The highest BCUT2D eigenvalue weighted by Crippen LogP contribution is 2.19. The monoisotopic (exact) mass is 486 g/mol. The molecule has 1 saturated heterocycles. The van der Waals surface area contributed by atoms with Crippen LogP contribution in [0.2, 0.25) is 0 Å². The van der Waals surface area contributed by atoms with Crippen LogP contribution in [0.5, 0.6) is 0 Å². The highest BCUT2D eigenvalue weighted by molar-refractivity contribution is 7.89. The van der Waals surface area contributed by atoms with Gasteiger partial charge in [-0.25, -0.2) is 13.4 Å². The second kappa shape index (κ2) is 9.49. The summed E-state index contributed by atoms with van der Waals surface area (Å²) in [6.45, 7) is 6.67. The van der Waals surface area contributed by atoms with E-state index in [1.54, 1.807) is 19.9 Å². The SMILES string of the molecule is CCc1c(C)nc(-n2nc(C)cc2NC(=O)c2ccc(S(=O)(=O)N3CCOCC3)cc2)[nH]c1=O. The Balaban J connectivity index is 1.57. The number of aromatic nitrogens is 4. The van der Waals surface area contributed by atoms with Crippen molar-refractivity contribution < 1.29 is 17.9 Å². The molecule has 0 aliphatic carbocycles. The van der Waals surface area contributed by atoms with Crippen LogP contribution in [-0.4, -0.2) is 64.7 Å². The van der Waals surface area contributed by atoms with Crippen molar-refractivity contribution in [3.05, 3.63) is 63.2 Å². The normalized spacial score (nSPS) is 14.8. The van der Waals surface area contributed by atoms with Gasteiger partial charge in [0.2, 0.25) is 16.0 Å². The zero-order valence-electron chi connectivity index (χ0n) is 19.2. The molecule has 11 nitrogen and oxygen atoms in total. The Morgan fingerprint density at radius 2 is 1.85 bits per heavy atom. The number of morpholine rings is 1. The van der Waals surface area contributed by atoms with Crippen molar-refractivity contribution in [3.8, 4) is 5.95 Å². The maximum atomic E-state index is 12.9. The lowest BCUT2D eigenvalue weighted by Gasteiger charge is -2.26. The van der Waals surface area contributed by atoms with Gasteiger partial charge in [-0.2, -0.15) is 14.1 Å². The first kappa shape index (κ1) is 23.8. The summed E-state index contributed by atoms with van der Waals surface area (Å²) in [5, 5.41) is 7.10. The number of hydrogen-bond donors (Lipinski definition) is 2. The summed E-state index contributed by atoms with van der Waals surface area (Å²) in [4.78, 5) is 32.5. The summed E-state index contributed by atoms with van der Waals surface area (Å²) >= 11 is 0. The summed E-state index contributed by atoms with van der Waals surface area (Å²) in [5.41, 5.74) is 1.80. The van der Waals surface area contributed by atoms with E-state index in [9.17, 15) is 18.0 Å². The van der Waals surface area contributed by atoms with E-state index in [2.05, 4.69) is 20.4 Å². The van der Waals surface area contributed by atoms with Crippen molar-refractivity contribution in [2.45, 2.75) is 32.1 Å². The minimum absolute atomic E-state index is 0.111. The Hall–Kier alpha value is -3.35. The third kappa shape index (κ3) is 4.65. The van der Waals surface area contributed by atoms with E-state index in [0.29, 0.717) is 55.5 Å². The van der Waals surface area contributed by atoms with E-state index in [1.807, 2.05) is 6.92 Å². The van der Waals surface area contributed by atoms with Crippen LogP contribution in [-0.2, 0) is 21.2 Å². The van der Waals surface area contributed by atoms with Crippen molar-refractivity contribution in [1.82, 2.24) is 24.1 Å². The van der Waals surface area contributed by atoms with Crippen molar-refractivity contribution in [3.63, 3.8) is 0 Å². The molecular weight excluding hydrogens is 460 g/mol. The van der Waals surface area contributed by atoms with E-state index >= 15 is 0 Å². The molecule has 3 aromatic rings. The quantitative estimate of drug-likeness (QED) is 0.537. The molecule has 0 atom stereocenters. The Morgan fingerprint density at radius 1 is 1.18 bits per heavy atom. The first-order valence-electron chi connectivity index (χ1n) is 10.9. The number of sulfonamides is 1. The van der Waals surface area contributed by atoms with Crippen LogP contribution in [0.25, 0.3) is 5.95 Å². The summed E-state index contributed by atoms with van der Waals surface area (Å²) in [7, 11) is -3.65. The van der Waals surface area contributed by atoms with Crippen LogP contribution in [0.15, 0.2) is 40.0 Å². The van der Waals surface area contributed by atoms with Crippen molar-refractivity contribution in [2.24, 2.45) is 0 Å². The van der Waals surface area contributed by atoms with Gasteiger partial charge in [-0.1, -0.05) is 6.92 Å². The molecule has 0 spiro atoms. The van der Waals surface area contributed by atoms with Gasteiger partial charge in [0.05, 0.1) is 23.8 Å². The predicted octanol–water partition coefficient (Wildman–Crippen LogP) is 1.41. The number of aryl methyl sites for hydroxylation is 2. The molecule has 0 unspecified atom stereocenters. The summed E-state index contributed by atoms with van der Waals surface area (Å²) in [6.07, 6.45) is 0.549. The summed E-state index contributed by atoms with van der Waals surface area (Å²) < 4.78 is 33.5. The van der Waals surface area contributed by atoms with Crippen LogP contribution < -0.4 is 10.9 Å². The second-order valence-electron chi connectivity index (χ2n) is 7.88. The van der Waals surface area contributed by atoms with Gasteiger partial charge in [-0.05, 0) is 44.5 Å². The average Bonchev–Trinajstić information content (AvgIpc) is 3.19. The number of H-pyrrole nitrogens is 1. The van der Waals surface area contributed by atoms with E-state index in [0.717, 1.165) is 0 Å². The van der Waals surface area contributed by atoms with Crippen LogP contribution in [0.1, 0.15) is 34.2 Å². The maximum Gasteiger partial charge on any atom is 0.256 e. The summed E-state index contributed by atoms with van der Waals surface area (Å²) in [5.74, 6) is 0.0510.